The number of hydrogen-bond acceptors (Lipinski definition) is 6. The van der Waals surface area contributed by atoms with Crippen LogP contribution >= 0.6 is 11.6 Å². The lowest BCUT2D eigenvalue weighted by Gasteiger charge is -2.02. The van der Waals surface area contributed by atoms with Crippen molar-refractivity contribution in [2.75, 3.05) is 5.32 Å². The number of H-pyrrole nitrogens is 1. The number of halogens is 1. The number of nitrogens with one attached hydrogen (secondary N) is 2. The number of nitro groups is 1. The standard InChI is InChI=1S/C10H8ClN7O2/c1-5-4-6(16-15-5)12-10-14-9(11)13-7-2-3-8(17(7)10)18(19)20/h2-4H,1H3,(H2,12,13,14,15,16). The van der Waals surface area contributed by atoms with Crippen molar-refractivity contribution in [3.05, 3.63) is 39.3 Å². The van der Waals surface area contributed by atoms with Crippen LogP contribution in [0.3, 0.4) is 0 Å². The first-order chi connectivity index (χ1) is 9.54. The van der Waals surface area contributed by atoms with Crippen LogP contribution in [-0.2, 0) is 0 Å². The van der Waals surface area contributed by atoms with Gasteiger partial charge in [0.1, 0.15) is 0 Å². The van der Waals surface area contributed by atoms with Crippen LogP contribution < -0.4 is 5.32 Å². The van der Waals surface area contributed by atoms with E-state index >= 15 is 0 Å². The predicted octanol–water partition coefficient (Wildman–Crippen LogP) is 2.07. The van der Waals surface area contributed by atoms with Crippen LogP contribution in [0.5, 0.6) is 0 Å². The van der Waals surface area contributed by atoms with Crippen molar-refractivity contribution in [2.45, 2.75) is 6.92 Å². The first-order valence-corrected chi connectivity index (χ1v) is 5.91. The molecular formula is C10H8ClN7O2. The molecule has 0 radical (unpaired) electrons. The van der Waals surface area contributed by atoms with Crippen LogP contribution in [0.15, 0.2) is 18.2 Å². The third-order valence-corrected chi connectivity index (χ3v) is 2.76. The second kappa shape index (κ2) is 4.46. The largest absolute Gasteiger partial charge is 0.358 e. The number of aromatic nitrogens is 5. The highest BCUT2D eigenvalue weighted by atomic mass is 35.5. The summed E-state index contributed by atoms with van der Waals surface area (Å²) in [5.74, 6) is 0.483. The molecule has 0 aliphatic heterocycles. The third kappa shape index (κ3) is 2.03. The van der Waals surface area contributed by atoms with Crippen molar-refractivity contribution in [3.8, 4) is 0 Å². The van der Waals surface area contributed by atoms with E-state index in [-0.39, 0.29) is 17.0 Å². The maximum atomic E-state index is 11.0. The molecule has 102 valence electrons. The summed E-state index contributed by atoms with van der Waals surface area (Å²) in [4.78, 5) is 18.4. The maximum Gasteiger partial charge on any atom is 0.332 e. The molecule has 3 rings (SSSR count). The summed E-state index contributed by atoms with van der Waals surface area (Å²) in [7, 11) is 0. The molecule has 0 saturated carbocycles. The Bertz CT molecular complexity index is 809. The predicted molar refractivity (Wildman–Crippen MR) is 71.3 cm³/mol. The van der Waals surface area contributed by atoms with Crippen LogP contribution in [0.25, 0.3) is 5.65 Å². The fourth-order valence-electron chi connectivity index (χ4n) is 1.80. The summed E-state index contributed by atoms with van der Waals surface area (Å²) in [6, 6.07) is 4.56. The van der Waals surface area contributed by atoms with Crippen LogP contribution in [-0.4, -0.2) is 29.5 Å². The Morgan fingerprint density at radius 3 is 2.90 bits per heavy atom. The lowest BCUT2D eigenvalue weighted by atomic mass is 10.5. The van der Waals surface area contributed by atoms with E-state index in [9.17, 15) is 10.1 Å². The molecule has 0 aliphatic rings. The SMILES string of the molecule is Cc1cc(Nc2nc(Cl)nc3ccc([N+](=O)[O-])n23)n[nH]1. The molecule has 10 heteroatoms. The number of fused-ring (bicyclic) bond motifs is 1. The van der Waals surface area contributed by atoms with Crippen molar-refractivity contribution in [3.63, 3.8) is 0 Å². The molecule has 3 aromatic heterocycles. The molecule has 0 amide bonds. The highest BCUT2D eigenvalue weighted by Gasteiger charge is 2.20. The summed E-state index contributed by atoms with van der Waals surface area (Å²) >= 11 is 5.81. The minimum atomic E-state index is -0.523. The van der Waals surface area contributed by atoms with Gasteiger partial charge in [-0.15, -0.1) is 4.40 Å². The normalized spacial score (nSPS) is 10.9. The fraction of sp³-hybridized carbons (Fsp3) is 0.100. The number of rotatable bonds is 3. The number of hydrogen-bond donors (Lipinski definition) is 2. The lowest BCUT2D eigenvalue weighted by molar-refractivity contribution is -0.390. The van der Waals surface area contributed by atoms with Crippen molar-refractivity contribution in [2.24, 2.45) is 0 Å². The number of aromatic amines is 1. The highest BCUT2D eigenvalue weighted by Crippen LogP contribution is 2.23. The van der Waals surface area contributed by atoms with Gasteiger partial charge >= 0.3 is 11.8 Å². The van der Waals surface area contributed by atoms with E-state index in [2.05, 4.69) is 25.5 Å². The van der Waals surface area contributed by atoms with Gasteiger partial charge in [-0.05, 0) is 23.4 Å². The molecule has 2 N–H and O–H groups in total. The number of nitrogens with zero attached hydrogens (tertiary/aromatic N) is 5. The van der Waals surface area contributed by atoms with Crippen LogP contribution in [0.4, 0.5) is 17.6 Å². The minimum absolute atomic E-state index is 0.0137. The summed E-state index contributed by atoms with van der Waals surface area (Å²) in [5.41, 5.74) is 1.16. The molecule has 0 saturated heterocycles. The van der Waals surface area contributed by atoms with Crippen LogP contribution in [0.2, 0.25) is 5.28 Å². The zero-order valence-electron chi connectivity index (χ0n) is 10.2. The first-order valence-electron chi connectivity index (χ1n) is 5.53. The molecule has 0 atom stereocenters. The second-order valence-electron chi connectivity index (χ2n) is 4.02. The Balaban J connectivity index is 2.17. The fourth-order valence-corrected chi connectivity index (χ4v) is 1.97. The van der Waals surface area contributed by atoms with Gasteiger partial charge in [-0.3, -0.25) is 10.4 Å². The molecule has 0 fully saturated rings. The highest BCUT2D eigenvalue weighted by molar-refractivity contribution is 6.28. The van der Waals surface area contributed by atoms with E-state index in [0.29, 0.717) is 11.5 Å². The Hall–Kier alpha value is -2.68. The first kappa shape index (κ1) is 12.4. The average molecular weight is 294 g/mol. The maximum absolute atomic E-state index is 11.0. The van der Waals surface area contributed by atoms with E-state index in [1.807, 2.05) is 6.92 Å². The number of anilines is 2. The smallest absolute Gasteiger partial charge is 0.332 e. The van der Waals surface area contributed by atoms with Crippen molar-refractivity contribution >= 4 is 34.8 Å². The number of aryl methyl sites for hydroxylation is 1. The second-order valence-corrected chi connectivity index (χ2v) is 4.36. The van der Waals surface area contributed by atoms with Crippen LogP contribution in [0.1, 0.15) is 5.69 Å². The zero-order valence-corrected chi connectivity index (χ0v) is 10.9. The molecule has 3 aromatic rings. The molecule has 0 unspecified atom stereocenters. The molecule has 0 aromatic carbocycles. The van der Waals surface area contributed by atoms with Gasteiger partial charge in [0.15, 0.2) is 5.82 Å². The summed E-state index contributed by atoms with van der Waals surface area (Å²) in [6.45, 7) is 1.83. The van der Waals surface area contributed by atoms with Crippen molar-refractivity contribution in [1.82, 2.24) is 24.6 Å². The Labute approximate surface area is 116 Å². The average Bonchev–Trinajstić information content (AvgIpc) is 2.95. The monoisotopic (exact) mass is 293 g/mol. The van der Waals surface area contributed by atoms with Gasteiger partial charge in [-0.25, -0.2) is 0 Å². The van der Waals surface area contributed by atoms with Crippen molar-refractivity contribution in [1.29, 1.82) is 0 Å². The molecule has 0 spiro atoms. The van der Waals surface area contributed by atoms with E-state index in [1.165, 1.54) is 16.5 Å². The van der Waals surface area contributed by atoms with Gasteiger partial charge < -0.3 is 10.1 Å². The Kier molecular flexibility index (Phi) is 2.75. The third-order valence-electron chi connectivity index (χ3n) is 2.59. The van der Waals surface area contributed by atoms with E-state index in [1.54, 1.807) is 6.07 Å². The topological polar surface area (TPSA) is 114 Å². The van der Waals surface area contributed by atoms with Gasteiger partial charge in [0.2, 0.25) is 10.9 Å². The molecule has 0 bridgehead atoms. The summed E-state index contributed by atoms with van der Waals surface area (Å²) < 4.78 is 1.26. The Morgan fingerprint density at radius 2 is 2.25 bits per heavy atom. The molecule has 20 heavy (non-hydrogen) atoms. The van der Waals surface area contributed by atoms with Gasteiger partial charge in [-0.2, -0.15) is 15.1 Å². The van der Waals surface area contributed by atoms with E-state index in [0.717, 1.165) is 5.69 Å². The molecular weight excluding hydrogens is 286 g/mol. The quantitative estimate of drug-likeness (QED) is 0.564. The van der Waals surface area contributed by atoms with E-state index in [4.69, 9.17) is 11.6 Å². The van der Waals surface area contributed by atoms with Gasteiger partial charge in [-0.1, -0.05) is 0 Å². The molecule has 3 heterocycles. The lowest BCUT2D eigenvalue weighted by Crippen LogP contribution is -2.06. The minimum Gasteiger partial charge on any atom is -0.358 e. The van der Waals surface area contributed by atoms with Crippen LogP contribution in [0, 0.1) is 17.0 Å². The van der Waals surface area contributed by atoms with E-state index < -0.39 is 4.92 Å². The zero-order chi connectivity index (χ0) is 14.3. The van der Waals surface area contributed by atoms with Gasteiger partial charge in [0.25, 0.3) is 0 Å². The Morgan fingerprint density at radius 1 is 1.45 bits per heavy atom. The summed E-state index contributed by atoms with van der Waals surface area (Å²) in [5, 5.41) is 20.6. The van der Waals surface area contributed by atoms with Gasteiger partial charge in [0.05, 0.1) is 0 Å². The van der Waals surface area contributed by atoms with Crippen molar-refractivity contribution < 1.29 is 4.92 Å². The molecule has 9 nitrogen and oxygen atoms in total. The van der Waals surface area contributed by atoms with Gasteiger partial charge in [0, 0.05) is 23.9 Å². The summed E-state index contributed by atoms with van der Waals surface area (Å²) in [6.07, 6.45) is 0. The molecule has 0 aliphatic carbocycles.